The second kappa shape index (κ2) is 6.89. The van der Waals surface area contributed by atoms with Gasteiger partial charge in [0, 0.05) is 19.3 Å². The highest BCUT2D eigenvalue weighted by molar-refractivity contribution is 5.40. The van der Waals surface area contributed by atoms with Gasteiger partial charge in [-0.15, -0.1) is 0 Å². The van der Waals surface area contributed by atoms with Crippen LogP contribution in [0, 0.1) is 12.8 Å². The zero-order valence-electron chi connectivity index (χ0n) is 12.4. The third kappa shape index (κ3) is 4.53. The maximum atomic E-state index is 4.45. The summed E-state index contributed by atoms with van der Waals surface area (Å²) < 4.78 is 0. The first kappa shape index (κ1) is 14.3. The second-order valence-electron chi connectivity index (χ2n) is 5.38. The van der Waals surface area contributed by atoms with Crippen LogP contribution in [-0.4, -0.2) is 16.5 Å². The van der Waals surface area contributed by atoms with Crippen LogP contribution in [0.25, 0.3) is 0 Å². The lowest BCUT2D eigenvalue weighted by molar-refractivity contribution is 0.687. The minimum absolute atomic E-state index is 0.591. The van der Waals surface area contributed by atoms with Crippen molar-refractivity contribution in [2.75, 3.05) is 17.2 Å². The van der Waals surface area contributed by atoms with Crippen molar-refractivity contribution in [2.24, 2.45) is 5.92 Å². The Balaban J connectivity index is 1.94. The van der Waals surface area contributed by atoms with Gasteiger partial charge in [0.25, 0.3) is 0 Å². The monoisotopic (exact) mass is 270 g/mol. The van der Waals surface area contributed by atoms with E-state index in [1.807, 2.05) is 6.07 Å². The van der Waals surface area contributed by atoms with E-state index >= 15 is 0 Å². The standard InChI is InChI=1S/C16H22N4/c1-12(2)10-18-15-7-8-17-16(20-15)19-11-14-6-4-5-13(3)9-14/h4-9,12H,10-11H2,1-3H3,(H2,17,18,19,20). The molecule has 1 aromatic carbocycles. The summed E-state index contributed by atoms with van der Waals surface area (Å²) in [7, 11) is 0. The zero-order chi connectivity index (χ0) is 14.4. The normalized spacial score (nSPS) is 10.6. The van der Waals surface area contributed by atoms with Crippen molar-refractivity contribution in [1.82, 2.24) is 9.97 Å². The van der Waals surface area contributed by atoms with Crippen molar-refractivity contribution in [3.63, 3.8) is 0 Å². The maximum Gasteiger partial charge on any atom is 0.224 e. The van der Waals surface area contributed by atoms with Gasteiger partial charge in [0.1, 0.15) is 5.82 Å². The van der Waals surface area contributed by atoms with Crippen molar-refractivity contribution < 1.29 is 0 Å². The van der Waals surface area contributed by atoms with Gasteiger partial charge in [-0.2, -0.15) is 4.98 Å². The van der Waals surface area contributed by atoms with Crippen LogP contribution in [0.2, 0.25) is 0 Å². The van der Waals surface area contributed by atoms with Gasteiger partial charge in [-0.05, 0) is 24.5 Å². The van der Waals surface area contributed by atoms with Gasteiger partial charge in [0.2, 0.25) is 5.95 Å². The zero-order valence-corrected chi connectivity index (χ0v) is 12.4. The summed E-state index contributed by atoms with van der Waals surface area (Å²) in [5.41, 5.74) is 2.49. The van der Waals surface area contributed by atoms with E-state index in [2.05, 4.69) is 65.6 Å². The Morgan fingerprint density at radius 2 is 2.00 bits per heavy atom. The Labute approximate surface area is 120 Å². The summed E-state index contributed by atoms with van der Waals surface area (Å²) in [4.78, 5) is 8.69. The average Bonchev–Trinajstić information content (AvgIpc) is 2.43. The number of aryl methyl sites for hydroxylation is 1. The van der Waals surface area contributed by atoms with Crippen molar-refractivity contribution >= 4 is 11.8 Å². The third-order valence-corrected chi connectivity index (χ3v) is 2.88. The van der Waals surface area contributed by atoms with Crippen LogP contribution in [-0.2, 0) is 6.54 Å². The number of hydrogen-bond donors (Lipinski definition) is 2. The molecule has 0 fully saturated rings. The Morgan fingerprint density at radius 3 is 2.75 bits per heavy atom. The molecule has 20 heavy (non-hydrogen) atoms. The number of hydrogen-bond acceptors (Lipinski definition) is 4. The van der Waals surface area contributed by atoms with Crippen molar-refractivity contribution in [1.29, 1.82) is 0 Å². The molecular formula is C16H22N4. The molecule has 0 atom stereocenters. The smallest absolute Gasteiger partial charge is 0.224 e. The molecule has 0 spiro atoms. The second-order valence-corrected chi connectivity index (χ2v) is 5.38. The molecule has 0 aliphatic carbocycles. The lowest BCUT2D eigenvalue weighted by Gasteiger charge is -2.10. The fourth-order valence-electron chi connectivity index (χ4n) is 1.85. The molecule has 0 amide bonds. The summed E-state index contributed by atoms with van der Waals surface area (Å²) in [5, 5.41) is 6.55. The first-order chi connectivity index (χ1) is 9.63. The SMILES string of the molecule is Cc1cccc(CNc2nccc(NCC(C)C)n2)c1. The number of nitrogens with one attached hydrogen (secondary N) is 2. The molecule has 0 radical (unpaired) electrons. The predicted octanol–water partition coefficient (Wildman–Crippen LogP) is 3.47. The molecule has 2 N–H and O–H groups in total. The molecule has 0 unspecified atom stereocenters. The van der Waals surface area contributed by atoms with E-state index < -0.39 is 0 Å². The van der Waals surface area contributed by atoms with E-state index in [9.17, 15) is 0 Å². The largest absolute Gasteiger partial charge is 0.370 e. The predicted molar refractivity (Wildman–Crippen MR) is 83.9 cm³/mol. The number of aromatic nitrogens is 2. The lowest BCUT2D eigenvalue weighted by atomic mass is 10.1. The highest BCUT2D eigenvalue weighted by atomic mass is 15.1. The molecule has 0 aliphatic heterocycles. The fourth-order valence-corrected chi connectivity index (χ4v) is 1.85. The number of nitrogens with zero attached hydrogens (tertiary/aromatic N) is 2. The molecular weight excluding hydrogens is 248 g/mol. The van der Waals surface area contributed by atoms with E-state index in [1.54, 1.807) is 6.20 Å². The first-order valence-electron chi connectivity index (χ1n) is 7.00. The highest BCUT2D eigenvalue weighted by Crippen LogP contribution is 2.09. The molecule has 0 bridgehead atoms. The number of rotatable bonds is 6. The van der Waals surface area contributed by atoms with Crippen molar-refractivity contribution in [3.05, 3.63) is 47.7 Å². The number of anilines is 2. The van der Waals surface area contributed by atoms with E-state index in [-0.39, 0.29) is 0 Å². The topological polar surface area (TPSA) is 49.8 Å². The molecule has 2 rings (SSSR count). The Morgan fingerprint density at radius 1 is 1.15 bits per heavy atom. The van der Waals surface area contributed by atoms with E-state index in [0.29, 0.717) is 11.9 Å². The summed E-state index contributed by atoms with van der Waals surface area (Å²) >= 11 is 0. The Kier molecular flexibility index (Phi) is 4.93. The van der Waals surface area contributed by atoms with Crippen LogP contribution in [0.5, 0.6) is 0 Å². The maximum absolute atomic E-state index is 4.45. The Bertz CT molecular complexity index is 552. The van der Waals surface area contributed by atoms with Crippen molar-refractivity contribution in [3.8, 4) is 0 Å². The molecule has 4 nitrogen and oxygen atoms in total. The molecule has 1 heterocycles. The van der Waals surface area contributed by atoms with Crippen LogP contribution in [0.15, 0.2) is 36.5 Å². The van der Waals surface area contributed by atoms with E-state index in [4.69, 9.17) is 0 Å². The van der Waals surface area contributed by atoms with Gasteiger partial charge in [-0.25, -0.2) is 4.98 Å². The molecule has 2 aromatic rings. The van der Waals surface area contributed by atoms with Gasteiger partial charge in [-0.3, -0.25) is 0 Å². The highest BCUT2D eigenvalue weighted by Gasteiger charge is 2.00. The lowest BCUT2D eigenvalue weighted by Crippen LogP contribution is -2.11. The van der Waals surface area contributed by atoms with E-state index in [0.717, 1.165) is 18.9 Å². The molecule has 0 saturated heterocycles. The van der Waals surface area contributed by atoms with Crippen molar-refractivity contribution in [2.45, 2.75) is 27.3 Å². The molecule has 4 heteroatoms. The van der Waals surface area contributed by atoms with Gasteiger partial charge < -0.3 is 10.6 Å². The quantitative estimate of drug-likeness (QED) is 0.844. The van der Waals surface area contributed by atoms with Crippen LogP contribution in [0.3, 0.4) is 0 Å². The van der Waals surface area contributed by atoms with E-state index in [1.165, 1.54) is 11.1 Å². The third-order valence-electron chi connectivity index (χ3n) is 2.88. The first-order valence-corrected chi connectivity index (χ1v) is 7.00. The van der Waals surface area contributed by atoms with Crippen LogP contribution in [0.4, 0.5) is 11.8 Å². The molecule has 1 aromatic heterocycles. The molecule has 0 aliphatic rings. The number of benzene rings is 1. The summed E-state index contributed by atoms with van der Waals surface area (Å²) in [5.74, 6) is 2.11. The Hall–Kier alpha value is -2.10. The minimum Gasteiger partial charge on any atom is -0.370 e. The van der Waals surface area contributed by atoms with Crippen LogP contribution >= 0.6 is 0 Å². The van der Waals surface area contributed by atoms with Crippen LogP contribution < -0.4 is 10.6 Å². The summed E-state index contributed by atoms with van der Waals surface area (Å²) in [6.07, 6.45) is 1.77. The van der Waals surface area contributed by atoms with Gasteiger partial charge in [0.15, 0.2) is 0 Å². The summed E-state index contributed by atoms with van der Waals surface area (Å²) in [6.45, 7) is 8.08. The van der Waals surface area contributed by atoms with Crippen LogP contribution in [0.1, 0.15) is 25.0 Å². The van der Waals surface area contributed by atoms with Gasteiger partial charge in [-0.1, -0.05) is 43.7 Å². The average molecular weight is 270 g/mol. The fraction of sp³-hybridized carbons (Fsp3) is 0.375. The molecule has 0 saturated carbocycles. The minimum atomic E-state index is 0.591. The van der Waals surface area contributed by atoms with Gasteiger partial charge >= 0.3 is 0 Å². The molecule has 106 valence electrons. The van der Waals surface area contributed by atoms with Gasteiger partial charge in [0.05, 0.1) is 0 Å². The summed E-state index contributed by atoms with van der Waals surface area (Å²) in [6, 6.07) is 10.3.